The van der Waals surface area contributed by atoms with Crippen molar-refractivity contribution >= 4 is 11.3 Å². The minimum atomic E-state index is -0.0256. The van der Waals surface area contributed by atoms with Gasteiger partial charge in [0.15, 0.2) is 0 Å². The molecule has 0 aliphatic heterocycles. The highest BCUT2D eigenvalue weighted by atomic mass is 32.1. The number of rotatable bonds is 3. The van der Waals surface area contributed by atoms with Gasteiger partial charge in [-0.15, -0.1) is 23.2 Å². The Morgan fingerprint density at radius 3 is 3.08 bits per heavy atom. The Hall–Kier alpha value is -0.980. The van der Waals surface area contributed by atoms with E-state index in [1.807, 2.05) is 18.4 Å². The maximum atomic E-state index is 5.93. The Morgan fingerprint density at radius 2 is 2.46 bits per heavy atom. The maximum absolute atomic E-state index is 5.93. The van der Waals surface area contributed by atoms with Crippen LogP contribution >= 0.6 is 11.3 Å². The van der Waals surface area contributed by atoms with Gasteiger partial charge in [0.05, 0.1) is 18.0 Å². The van der Waals surface area contributed by atoms with Crippen LogP contribution in [0, 0.1) is 11.8 Å². The third-order valence-corrected chi connectivity index (χ3v) is 2.74. The van der Waals surface area contributed by atoms with E-state index in [0.29, 0.717) is 6.42 Å². The number of hydrogen-bond donors (Lipinski definition) is 1. The van der Waals surface area contributed by atoms with Gasteiger partial charge in [-0.25, -0.2) is 0 Å². The van der Waals surface area contributed by atoms with E-state index < -0.39 is 0 Å². The molecule has 1 rings (SSSR count). The summed E-state index contributed by atoms with van der Waals surface area (Å²) in [7, 11) is 1.66. The van der Waals surface area contributed by atoms with Gasteiger partial charge in [0.1, 0.15) is 5.75 Å². The van der Waals surface area contributed by atoms with Gasteiger partial charge in [0.25, 0.3) is 0 Å². The molecule has 0 saturated heterocycles. The Balaban J connectivity index is 2.73. The monoisotopic (exact) mass is 195 g/mol. The van der Waals surface area contributed by atoms with E-state index in [4.69, 9.17) is 10.5 Å². The van der Waals surface area contributed by atoms with Crippen molar-refractivity contribution in [1.29, 1.82) is 0 Å². The van der Waals surface area contributed by atoms with Crippen molar-refractivity contribution in [2.45, 2.75) is 19.4 Å². The fourth-order valence-electron chi connectivity index (χ4n) is 1.05. The Bertz CT molecular complexity index is 321. The minimum absolute atomic E-state index is 0.0256. The molecular formula is C10H13NOS. The van der Waals surface area contributed by atoms with E-state index in [0.717, 1.165) is 10.6 Å². The molecule has 2 nitrogen and oxygen atoms in total. The van der Waals surface area contributed by atoms with E-state index in [1.54, 1.807) is 18.4 Å². The molecule has 0 bridgehead atoms. The third-order valence-electron chi connectivity index (χ3n) is 1.71. The molecule has 0 aliphatic rings. The summed E-state index contributed by atoms with van der Waals surface area (Å²) < 4.78 is 5.17. The fourth-order valence-corrected chi connectivity index (χ4v) is 1.92. The van der Waals surface area contributed by atoms with Crippen molar-refractivity contribution in [2.24, 2.45) is 5.73 Å². The Morgan fingerprint density at radius 1 is 1.69 bits per heavy atom. The van der Waals surface area contributed by atoms with Crippen LogP contribution in [0.3, 0.4) is 0 Å². The lowest BCUT2D eigenvalue weighted by molar-refractivity contribution is 0.409. The Labute approximate surface area is 82.7 Å². The molecule has 1 heterocycles. The second kappa shape index (κ2) is 4.90. The summed E-state index contributed by atoms with van der Waals surface area (Å²) in [6, 6.07) is 1.90. The van der Waals surface area contributed by atoms with Gasteiger partial charge in [-0.05, 0) is 18.4 Å². The van der Waals surface area contributed by atoms with Crippen LogP contribution in [0.25, 0.3) is 0 Å². The number of hydrogen-bond acceptors (Lipinski definition) is 3. The molecule has 70 valence electrons. The molecule has 0 fully saturated rings. The minimum Gasteiger partial charge on any atom is -0.496 e. The van der Waals surface area contributed by atoms with Gasteiger partial charge in [0, 0.05) is 6.42 Å². The summed E-state index contributed by atoms with van der Waals surface area (Å²) in [5, 5.41) is 1.98. The molecule has 2 N–H and O–H groups in total. The summed E-state index contributed by atoms with van der Waals surface area (Å²) in [6.45, 7) is 1.82. The molecule has 1 aromatic rings. The van der Waals surface area contributed by atoms with Crippen molar-refractivity contribution in [1.82, 2.24) is 0 Å². The van der Waals surface area contributed by atoms with Gasteiger partial charge in [-0.1, -0.05) is 0 Å². The molecule has 1 atom stereocenters. The van der Waals surface area contributed by atoms with Gasteiger partial charge in [0.2, 0.25) is 0 Å². The molecule has 0 aromatic carbocycles. The first kappa shape index (κ1) is 10.1. The van der Waals surface area contributed by atoms with E-state index >= 15 is 0 Å². The molecule has 1 unspecified atom stereocenters. The first-order valence-corrected chi connectivity index (χ1v) is 4.94. The molecular weight excluding hydrogens is 182 g/mol. The topological polar surface area (TPSA) is 35.2 Å². The van der Waals surface area contributed by atoms with Crippen LogP contribution in [0.1, 0.15) is 24.3 Å². The second-order valence-electron chi connectivity index (χ2n) is 2.59. The van der Waals surface area contributed by atoms with Gasteiger partial charge in [-0.3, -0.25) is 0 Å². The van der Waals surface area contributed by atoms with Crippen LogP contribution < -0.4 is 10.5 Å². The molecule has 0 amide bonds. The third kappa shape index (κ3) is 2.48. The zero-order valence-corrected chi connectivity index (χ0v) is 8.65. The van der Waals surface area contributed by atoms with Crippen molar-refractivity contribution in [3.8, 4) is 17.6 Å². The average molecular weight is 195 g/mol. The molecule has 0 spiro atoms. The lowest BCUT2D eigenvalue weighted by atomic mass is 10.2. The molecule has 0 aliphatic carbocycles. The highest BCUT2D eigenvalue weighted by Crippen LogP contribution is 2.30. The molecule has 1 aromatic heterocycles. The quantitative estimate of drug-likeness (QED) is 0.750. The highest BCUT2D eigenvalue weighted by Gasteiger charge is 2.11. The van der Waals surface area contributed by atoms with Gasteiger partial charge < -0.3 is 10.5 Å². The van der Waals surface area contributed by atoms with Crippen LogP contribution in [0.2, 0.25) is 0 Å². The number of nitrogens with two attached hydrogens (primary N) is 1. The summed E-state index contributed by atoms with van der Waals surface area (Å²) in [5.74, 6) is 6.67. The lowest BCUT2D eigenvalue weighted by Gasteiger charge is -2.07. The first-order chi connectivity index (χ1) is 6.29. The first-order valence-electron chi connectivity index (χ1n) is 4.06. The van der Waals surface area contributed by atoms with Gasteiger partial charge in [-0.2, -0.15) is 0 Å². The normalized spacial score (nSPS) is 11.6. The summed E-state index contributed by atoms with van der Waals surface area (Å²) in [4.78, 5) is 1.07. The van der Waals surface area contributed by atoms with Crippen LogP contribution in [0.4, 0.5) is 0 Å². The zero-order chi connectivity index (χ0) is 9.68. The van der Waals surface area contributed by atoms with Crippen molar-refractivity contribution in [2.75, 3.05) is 7.11 Å². The Kier molecular flexibility index (Phi) is 3.81. The number of thiophene rings is 1. The SMILES string of the molecule is CC#CCC(N)c1sccc1OC. The second-order valence-corrected chi connectivity index (χ2v) is 3.54. The van der Waals surface area contributed by atoms with Crippen molar-refractivity contribution in [3.05, 3.63) is 16.3 Å². The number of methoxy groups -OCH3 is 1. The zero-order valence-electron chi connectivity index (χ0n) is 7.83. The molecule has 13 heavy (non-hydrogen) atoms. The summed E-state index contributed by atoms with van der Waals surface area (Å²) in [6.07, 6.45) is 0.688. The lowest BCUT2D eigenvalue weighted by Crippen LogP contribution is -2.08. The predicted octanol–water partition coefficient (Wildman–Crippen LogP) is 2.17. The van der Waals surface area contributed by atoms with Crippen LogP contribution in [0.5, 0.6) is 5.75 Å². The van der Waals surface area contributed by atoms with Crippen LogP contribution in [0.15, 0.2) is 11.4 Å². The van der Waals surface area contributed by atoms with E-state index in [1.165, 1.54) is 0 Å². The average Bonchev–Trinajstić information content (AvgIpc) is 2.61. The predicted molar refractivity (Wildman–Crippen MR) is 55.9 cm³/mol. The fraction of sp³-hybridized carbons (Fsp3) is 0.400. The largest absolute Gasteiger partial charge is 0.496 e. The van der Waals surface area contributed by atoms with Crippen molar-refractivity contribution < 1.29 is 4.74 Å². The van der Waals surface area contributed by atoms with Crippen LogP contribution in [-0.2, 0) is 0 Å². The van der Waals surface area contributed by atoms with Gasteiger partial charge >= 0.3 is 0 Å². The maximum Gasteiger partial charge on any atom is 0.134 e. The standard InChI is InChI=1S/C10H13NOS/c1-3-4-5-8(11)10-9(12-2)6-7-13-10/h6-8H,5,11H2,1-2H3. The highest BCUT2D eigenvalue weighted by molar-refractivity contribution is 7.10. The van der Waals surface area contributed by atoms with E-state index in [2.05, 4.69) is 11.8 Å². The van der Waals surface area contributed by atoms with E-state index in [-0.39, 0.29) is 6.04 Å². The number of ether oxygens (including phenoxy) is 1. The summed E-state index contributed by atoms with van der Waals surface area (Å²) >= 11 is 1.61. The molecule has 0 saturated carbocycles. The molecule has 3 heteroatoms. The van der Waals surface area contributed by atoms with Crippen molar-refractivity contribution in [3.63, 3.8) is 0 Å². The smallest absolute Gasteiger partial charge is 0.134 e. The summed E-state index contributed by atoms with van der Waals surface area (Å²) in [5.41, 5.74) is 5.93. The van der Waals surface area contributed by atoms with E-state index in [9.17, 15) is 0 Å². The van der Waals surface area contributed by atoms with Crippen LogP contribution in [-0.4, -0.2) is 7.11 Å². The molecule has 0 radical (unpaired) electrons.